The first-order chi connectivity index (χ1) is 12.3. The minimum atomic E-state index is -0.300. The van der Waals surface area contributed by atoms with Crippen LogP contribution in [-0.2, 0) is 6.61 Å². The second kappa shape index (κ2) is 6.56. The monoisotopic (exact) mass is 336 g/mol. The van der Waals surface area contributed by atoms with Gasteiger partial charge in [-0.25, -0.2) is 19.0 Å². The minimum absolute atomic E-state index is 0.255. The summed E-state index contributed by atoms with van der Waals surface area (Å²) in [5.74, 6) is 0.806. The summed E-state index contributed by atoms with van der Waals surface area (Å²) in [5, 5.41) is 4.08. The van der Waals surface area contributed by atoms with Crippen LogP contribution < -0.4 is 4.74 Å². The van der Waals surface area contributed by atoms with E-state index in [0.29, 0.717) is 22.9 Å². The molecule has 6 nitrogen and oxygen atoms in total. The molecule has 2 aromatic heterocycles. The number of oxazole rings is 1. The molecule has 0 amide bonds. The van der Waals surface area contributed by atoms with Crippen molar-refractivity contribution in [2.75, 3.05) is 0 Å². The Morgan fingerprint density at radius 1 is 1.12 bits per heavy atom. The van der Waals surface area contributed by atoms with Gasteiger partial charge < -0.3 is 9.15 Å². The summed E-state index contributed by atoms with van der Waals surface area (Å²) >= 11 is 0. The van der Waals surface area contributed by atoms with E-state index in [4.69, 9.17) is 9.15 Å². The van der Waals surface area contributed by atoms with E-state index in [1.807, 2.05) is 24.3 Å². The molecule has 0 bridgehead atoms. The van der Waals surface area contributed by atoms with Crippen molar-refractivity contribution < 1.29 is 13.5 Å². The fourth-order valence-corrected chi connectivity index (χ4v) is 2.31. The lowest BCUT2D eigenvalue weighted by atomic mass is 10.2. The Morgan fingerprint density at radius 2 is 2.00 bits per heavy atom. The standard InChI is InChI=1S/C18H13FN4O2/c19-14-6-4-13(5-7-14)18-22-15(10-25-18)9-24-17-3-1-2-16(8-17)23-12-20-11-21-23/h1-8,10-12H,9H2. The van der Waals surface area contributed by atoms with E-state index in [-0.39, 0.29) is 12.4 Å². The first-order valence-corrected chi connectivity index (χ1v) is 7.56. The van der Waals surface area contributed by atoms with Crippen LogP contribution >= 0.6 is 0 Å². The molecule has 0 aliphatic rings. The molecule has 0 atom stereocenters. The van der Waals surface area contributed by atoms with Crippen molar-refractivity contribution in [1.29, 1.82) is 0 Å². The van der Waals surface area contributed by atoms with Crippen LogP contribution in [-0.4, -0.2) is 19.7 Å². The third kappa shape index (κ3) is 3.40. The molecule has 25 heavy (non-hydrogen) atoms. The lowest BCUT2D eigenvalue weighted by Gasteiger charge is -2.06. The van der Waals surface area contributed by atoms with Crippen molar-refractivity contribution in [2.24, 2.45) is 0 Å². The highest BCUT2D eigenvalue weighted by molar-refractivity contribution is 5.52. The van der Waals surface area contributed by atoms with Gasteiger partial charge in [-0.05, 0) is 36.4 Å². The summed E-state index contributed by atoms with van der Waals surface area (Å²) in [5.41, 5.74) is 2.20. The number of benzene rings is 2. The van der Waals surface area contributed by atoms with E-state index in [1.165, 1.54) is 24.7 Å². The number of hydrogen-bond acceptors (Lipinski definition) is 5. The van der Waals surface area contributed by atoms with E-state index >= 15 is 0 Å². The van der Waals surface area contributed by atoms with Crippen molar-refractivity contribution in [1.82, 2.24) is 19.7 Å². The van der Waals surface area contributed by atoms with Crippen molar-refractivity contribution in [3.05, 3.63) is 79.0 Å². The summed E-state index contributed by atoms with van der Waals surface area (Å²) < 4.78 is 25.8. The number of halogens is 1. The highest BCUT2D eigenvalue weighted by Crippen LogP contribution is 2.21. The van der Waals surface area contributed by atoms with Crippen molar-refractivity contribution in [3.8, 4) is 22.9 Å². The van der Waals surface area contributed by atoms with Gasteiger partial charge in [0, 0.05) is 11.6 Å². The van der Waals surface area contributed by atoms with Gasteiger partial charge in [0.05, 0.1) is 5.69 Å². The molecule has 7 heteroatoms. The van der Waals surface area contributed by atoms with E-state index in [0.717, 1.165) is 5.69 Å². The van der Waals surface area contributed by atoms with Crippen LogP contribution in [0.25, 0.3) is 17.1 Å². The molecule has 4 rings (SSSR count). The fourth-order valence-electron chi connectivity index (χ4n) is 2.31. The largest absolute Gasteiger partial charge is 0.487 e. The zero-order valence-electron chi connectivity index (χ0n) is 13.0. The smallest absolute Gasteiger partial charge is 0.226 e. The van der Waals surface area contributed by atoms with Crippen LogP contribution in [0.15, 0.2) is 71.9 Å². The van der Waals surface area contributed by atoms with Crippen LogP contribution in [0.4, 0.5) is 4.39 Å². The summed E-state index contributed by atoms with van der Waals surface area (Å²) in [6.45, 7) is 0.255. The van der Waals surface area contributed by atoms with Gasteiger partial charge >= 0.3 is 0 Å². The van der Waals surface area contributed by atoms with Crippen LogP contribution in [0.5, 0.6) is 5.75 Å². The summed E-state index contributed by atoms with van der Waals surface area (Å²) in [6, 6.07) is 13.5. The third-order valence-corrected chi connectivity index (χ3v) is 3.53. The Morgan fingerprint density at radius 3 is 2.80 bits per heavy atom. The zero-order valence-corrected chi connectivity index (χ0v) is 13.0. The van der Waals surface area contributed by atoms with Crippen molar-refractivity contribution in [2.45, 2.75) is 6.61 Å². The highest BCUT2D eigenvalue weighted by atomic mass is 19.1. The number of nitrogens with zero attached hydrogens (tertiary/aromatic N) is 4. The fraction of sp³-hybridized carbons (Fsp3) is 0.0556. The average Bonchev–Trinajstić information content (AvgIpc) is 3.33. The molecule has 0 saturated carbocycles. The number of ether oxygens (including phenoxy) is 1. The third-order valence-electron chi connectivity index (χ3n) is 3.53. The molecule has 4 aromatic rings. The van der Waals surface area contributed by atoms with Gasteiger partial charge in [0.25, 0.3) is 0 Å². The van der Waals surface area contributed by atoms with Crippen LogP contribution in [0.1, 0.15) is 5.69 Å². The minimum Gasteiger partial charge on any atom is -0.487 e. The number of hydrogen-bond donors (Lipinski definition) is 0. The van der Waals surface area contributed by atoms with Crippen LogP contribution in [0.3, 0.4) is 0 Å². The Balaban J connectivity index is 1.45. The maximum atomic E-state index is 13.0. The molecule has 2 aromatic carbocycles. The zero-order chi connectivity index (χ0) is 17.1. The van der Waals surface area contributed by atoms with Crippen molar-refractivity contribution in [3.63, 3.8) is 0 Å². The molecular weight excluding hydrogens is 323 g/mol. The first-order valence-electron chi connectivity index (χ1n) is 7.56. The van der Waals surface area contributed by atoms with Gasteiger partial charge in [0.15, 0.2) is 0 Å². The van der Waals surface area contributed by atoms with Crippen molar-refractivity contribution >= 4 is 0 Å². The molecule has 0 N–H and O–H groups in total. The van der Waals surface area contributed by atoms with E-state index < -0.39 is 0 Å². The molecule has 2 heterocycles. The van der Waals surface area contributed by atoms with Gasteiger partial charge in [0.2, 0.25) is 5.89 Å². The van der Waals surface area contributed by atoms with Gasteiger partial charge in [-0.15, -0.1) is 0 Å². The Kier molecular flexibility index (Phi) is 3.96. The van der Waals surface area contributed by atoms with Crippen LogP contribution in [0, 0.1) is 5.82 Å². The molecule has 0 radical (unpaired) electrons. The van der Waals surface area contributed by atoms with Gasteiger partial charge in [0.1, 0.15) is 42.8 Å². The quantitative estimate of drug-likeness (QED) is 0.557. The summed E-state index contributed by atoms with van der Waals surface area (Å²) in [7, 11) is 0. The van der Waals surface area contributed by atoms with Gasteiger partial charge in [-0.3, -0.25) is 0 Å². The van der Waals surface area contributed by atoms with E-state index in [9.17, 15) is 4.39 Å². The molecule has 0 fully saturated rings. The molecule has 0 spiro atoms. The second-order valence-corrected chi connectivity index (χ2v) is 5.28. The molecule has 0 unspecified atom stereocenters. The first kappa shape index (κ1) is 15.1. The van der Waals surface area contributed by atoms with Gasteiger partial charge in [-0.1, -0.05) is 6.07 Å². The topological polar surface area (TPSA) is 66.0 Å². The molecule has 0 saturated heterocycles. The molecular formula is C18H13FN4O2. The lowest BCUT2D eigenvalue weighted by molar-refractivity contribution is 0.301. The number of aromatic nitrogens is 4. The normalized spacial score (nSPS) is 10.8. The molecule has 0 aliphatic heterocycles. The maximum absolute atomic E-state index is 13.0. The Hall–Kier alpha value is -3.48. The molecule has 0 aliphatic carbocycles. The number of rotatable bonds is 5. The Bertz CT molecular complexity index is 965. The van der Waals surface area contributed by atoms with E-state index in [1.54, 1.807) is 23.1 Å². The maximum Gasteiger partial charge on any atom is 0.226 e. The second-order valence-electron chi connectivity index (χ2n) is 5.28. The SMILES string of the molecule is Fc1ccc(-c2nc(COc3cccc(-n4cncn4)c3)co2)cc1. The predicted molar refractivity (Wildman–Crippen MR) is 87.6 cm³/mol. The summed E-state index contributed by atoms with van der Waals surface area (Å²) in [4.78, 5) is 8.28. The Labute approximate surface area is 142 Å². The lowest BCUT2D eigenvalue weighted by Crippen LogP contribution is -1.98. The average molecular weight is 336 g/mol. The summed E-state index contributed by atoms with van der Waals surface area (Å²) in [6.07, 6.45) is 4.62. The highest BCUT2D eigenvalue weighted by Gasteiger charge is 2.08. The predicted octanol–water partition coefficient (Wildman–Crippen LogP) is 3.64. The molecule has 124 valence electrons. The van der Waals surface area contributed by atoms with Gasteiger partial charge in [-0.2, -0.15) is 5.10 Å². The van der Waals surface area contributed by atoms with E-state index in [2.05, 4.69) is 15.1 Å². The van der Waals surface area contributed by atoms with Crippen LogP contribution in [0.2, 0.25) is 0 Å².